The van der Waals surface area contributed by atoms with E-state index >= 15 is 0 Å². The first-order valence-corrected chi connectivity index (χ1v) is 8.26. The molecule has 1 unspecified atom stereocenters. The first-order valence-electron chi connectivity index (χ1n) is 6.40. The molecule has 0 heterocycles. The van der Waals surface area contributed by atoms with Crippen LogP contribution >= 0.6 is 11.6 Å². The number of rotatable bonds is 4. The first kappa shape index (κ1) is 15.1. The zero-order chi connectivity index (χ0) is 14.7. The minimum absolute atomic E-state index is 0.454. The largest absolute Gasteiger partial charge is 0.398 e. The summed E-state index contributed by atoms with van der Waals surface area (Å²) in [6.45, 7) is 4.10. The molecule has 2 nitrogen and oxygen atoms in total. The number of halogens is 1. The molecule has 106 valence electrons. The third-order valence-corrected chi connectivity index (χ3v) is 4.56. The second-order valence-electron chi connectivity index (χ2n) is 5.07. The lowest BCUT2D eigenvalue weighted by atomic mass is 10.1. The Balaban J connectivity index is 2.09. The molecule has 2 rings (SSSR count). The van der Waals surface area contributed by atoms with Crippen molar-refractivity contribution >= 4 is 28.1 Å². The van der Waals surface area contributed by atoms with Gasteiger partial charge in [0.2, 0.25) is 0 Å². The Morgan fingerprint density at radius 3 is 2.30 bits per heavy atom. The molecule has 2 aromatic rings. The second kappa shape index (κ2) is 6.42. The average molecular weight is 308 g/mol. The Bertz CT molecular complexity index is 635. The molecule has 0 fully saturated rings. The normalized spacial score (nSPS) is 12.3. The van der Waals surface area contributed by atoms with Gasteiger partial charge in [-0.05, 0) is 37.1 Å². The lowest BCUT2D eigenvalue weighted by Gasteiger charge is -2.08. The highest BCUT2D eigenvalue weighted by Gasteiger charge is 2.07. The van der Waals surface area contributed by atoms with Gasteiger partial charge in [0.25, 0.3) is 0 Å². The maximum atomic E-state index is 12.3. The van der Waals surface area contributed by atoms with Crippen LogP contribution in [0.3, 0.4) is 0 Å². The summed E-state index contributed by atoms with van der Waals surface area (Å²) in [6, 6.07) is 11.6. The van der Waals surface area contributed by atoms with E-state index in [1.807, 2.05) is 6.07 Å². The van der Waals surface area contributed by atoms with Gasteiger partial charge in [0.15, 0.2) is 0 Å². The lowest BCUT2D eigenvalue weighted by molar-refractivity contribution is 0.682. The average Bonchev–Trinajstić information content (AvgIpc) is 2.31. The Kier molecular flexibility index (Phi) is 4.84. The van der Waals surface area contributed by atoms with E-state index in [1.165, 1.54) is 11.1 Å². The molecule has 0 radical (unpaired) electrons. The van der Waals surface area contributed by atoms with Gasteiger partial charge in [-0.1, -0.05) is 47.0 Å². The summed E-state index contributed by atoms with van der Waals surface area (Å²) in [5.41, 5.74) is 10.9. The molecule has 0 amide bonds. The first-order chi connectivity index (χ1) is 9.44. The van der Waals surface area contributed by atoms with Crippen molar-refractivity contribution in [1.29, 1.82) is 0 Å². The van der Waals surface area contributed by atoms with Gasteiger partial charge in [0, 0.05) is 27.3 Å². The van der Waals surface area contributed by atoms with Gasteiger partial charge in [0.05, 0.1) is 5.75 Å². The molecule has 2 N–H and O–H groups in total. The molecular formula is C16H18ClNOS. The van der Waals surface area contributed by atoms with Gasteiger partial charge in [0.1, 0.15) is 0 Å². The van der Waals surface area contributed by atoms with Crippen LogP contribution < -0.4 is 5.73 Å². The summed E-state index contributed by atoms with van der Waals surface area (Å²) in [6.07, 6.45) is 0. The van der Waals surface area contributed by atoms with Crippen LogP contribution in [0.1, 0.15) is 22.3 Å². The SMILES string of the molecule is Cc1cc(C)cc(CS(=O)Cc2ccc(Cl)cc2N)c1. The predicted octanol–water partition coefficient (Wildman–Crippen LogP) is 3.99. The fourth-order valence-corrected chi connectivity index (χ4v) is 3.69. The Morgan fingerprint density at radius 1 is 1.05 bits per heavy atom. The van der Waals surface area contributed by atoms with E-state index in [1.54, 1.807) is 12.1 Å². The van der Waals surface area contributed by atoms with Crippen LogP contribution in [0.4, 0.5) is 5.69 Å². The third-order valence-electron chi connectivity index (χ3n) is 3.03. The van der Waals surface area contributed by atoms with E-state index in [-0.39, 0.29) is 0 Å². The molecule has 0 aromatic heterocycles. The van der Waals surface area contributed by atoms with Crippen LogP contribution in [0.5, 0.6) is 0 Å². The van der Waals surface area contributed by atoms with E-state index in [4.69, 9.17) is 17.3 Å². The number of hydrogen-bond donors (Lipinski definition) is 1. The molecule has 20 heavy (non-hydrogen) atoms. The van der Waals surface area contributed by atoms with Crippen LogP contribution in [-0.2, 0) is 22.3 Å². The van der Waals surface area contributed by atoms with Crippen molar-refractivity contribution in [3.63, 3.8) is 0 Å². The van der Waals surface area contributed by atoms with Crippen LogP contribution in [0.15, 0.2) is 36.4 Å². The summed E-state index contributed by atoms with van der Waals surface area (Å²) < 4.78 is 12.3. The fourth-order valence-electron chi connectivity index (χ4n) is 2.26. The maximum absolute atomic E-state index is 12.3. The number of aryl methyl sites for hydroxylation is 2. The van der Waals surface area contributed by atoms with Crippen molar-refractivity contribution in [2.75, 3.05) is 5.73 Å². The highest BCUT2D eigenvalue weighted by atomic mass is 35.5. The van der Waals surface area contributed by atoms with Crippen molar-refractivity contribution in [3.8, 4) is 0 Å². The molecule has 0 saturated heterocycles. The highest BCUT2D eigenvalue weighted by molar-refractivity contribution is 7.83. The van der Waals surface area contributed by atoms with Crippen molar-refractivity contribution in [2.45, 2.75) is 25.4 Å². The van der Waals surface area contributed by atoms with Crippen molar-refractivity contribution in [1.82, 2.24) is 0 Å². The zero-order valence-electron chi connectivity index (χ0n) is 11.7. The topological polar surface area (TPSA) is 43.1 Å². The number of nitrogen functional groups attached to an aromatic ring is 1. The molecule has 2 aromatic carbocycles. The Hall–Kier alpha value is -1.32. The smallest absolute Gasteiger partial charge is 0.0509 e. The highest BCUT2D eigenvalue weighted by Crippen LogP contribution is 2.20. The monoisotopic (exact) mass is 307 g/mol. The number of hydrogen-bond acceptors (Lipinski definition) is 2. The van der Waals surface area contributed by atoms with Crippen molar-refractivity contribution in [3.05, 3.63) is 63.7 Å². The number of anilines is 1. The molecule has 0 aliphatic rings. The van der Waals surface area contributed by atoms with E-state index in [9.17, 15) is 4.21 Å². The summed E-state index contributed by atoms with van der Waals surface area (Å²) in [7, 11) is -0.978. The van der Waals surface area contributed by atoms with Gasteiger partial charge in [-0.25, -0.2) is 0 Å². The quantitative estimate of drug-likeness (QED) is 0.868. The van der Waals surface area contributed by atoms with E-state index < -0.39 is 10.8 Å². The van der Waals surface area contributed by atoms with Gasteiger partial charge in [-0.2, -0.15) is 0 Å². The van der Waals surface area contributed by atoms with Gasteiger partial charge < -0.3 is 5.73 Å². The Labute approximate surface area is 127 Å². The molecule has 0 aliphatic carbocycles. The van der Waals surface area contributed by atoms with Crippen LogP contribution in [-0.4, -0.2) is 4.21 Å². The molecule has 0 saturated carbocycles. The molecule has 0 aliphatic heterocycles. The minimum Gasteiger partial charge on any atom is -0.398 e. The fraction of sp³-hybridized carbons (Fsp3) is 0.250. The Morgan fingerprint density at radius 2 is 1.70 bits per heavy atom. The van der Waals surface area contributed by atoms with Crippen LogP contribution in [0.25, 0.3) is 0 Å². The van der Waals surface area contributed by atoms with E-state index in [0.29, 0.717) is 22.2 Å². The van der Waals surface area contributed by atoms with E-state index in [0.717, 1.165) is 11.1 Å². The number of nitrogens with two attached hydrogens (primary N) is 1. The van der Waals surface area contributed by atoms with E-state index in [2.05, 4.69) is 32.0 Å². The van der Waals surface area contributed by atoms with Crippen LogP contribution in [0.2, 0.25) is 5.02 Å². The molecule has 1 atom stereocenters. The predicted molar refractivity (Wildman–Crippen MR) is 87.3 cm³/mol. The van der Waals surface area contributed by atoms with Gasteiger partial charge >= 0.3 is 0 Å². The molecular weight excluding hydrogens is 290 g/mol. The minimum atomic E-state index is -0.978. The summed E-state index contributed by atoms with van der Waals surface area (Å²) in [5, 5.41) is 0.603. The molecule has 4 heteroatoms. The van der Waals surface area contributed by atoms with Crippen LogP contribution in [0, 0.1) is 13.8 Å². The molecule has 0 spiro atoms. The standard InChI is InChI=1S/C16H18ClNOS/c1-11-5-12(2)7-13(6-11)9-20(19)10-14-3-4-15(17)8-16(14)18/h3-8H,9-10,18H2,1-2H3. The summed E-state index contributed by atoms with van der Waals surface area (Å²) in [5.74, 6) is 1.00. The summed E-state index contributed by atoms with van der Waals surface area (Å²) >= 11 is 5.86. The van der Waals surface area contributed by atoms with Crippen molar-refractivity contribution < 1.29 is 4.21 Å². The third kappa shape index (κ3) is 4.09. The van der Waals surface area contributed by atoms with Crippen molar-refractivity contribution in [2.24, 2.45) is 0 Å². The second-order valence-corrected chi connectivity index (χ2v) is 6.96. The maximum Gasteiger partial charge on any atom is 0.0509 e. The lowest BCUT2D eigenvalue weighted by Crippen LogP contribution is -2.03. The molecule has 0 bridgehead atoms. The summed E-state index contributed by atoms with van der Waals surface area (Å²) in [4.78, 5) is 0. The van der Waals surface area contributed by atoms with Gasteiger partial charge in [-0.3, -0.25) is 4.21 Å². The zero-order valence-corrected chi connectivity index (χ0v) is 13.2. The van der Waals surface area contributed by atoms with Gasteiger partial charge in [-0.15, -0.1) is 0 Å². The number of benzene rings is 2.